The molecule has 0 aliphatic carbocycles. The van der Waals surface area contributed by atoms with Crippen molar-refractivity contribution in [1.29, 1.82) is 0 Å². The fraction of sp³-hybridized carbons (Fsp3) is 0.348. The number of aromatic carboxylic acids is 1. The molecular weight excluding hydrogens is 1820 g/mol. The van der Waals surface area contributed by atoms with E-state index in [1.807, 2.05) is 59.7 Å². The van der Waals surface area contributed by atoms with Crippen LogP contribution in [0.25, 0.3) is 22.3 Å². The number of hydrogen-bond donors (Lipinski definition) is 1. The highest BCUT2D eigenvalue weighted by Gasteiger charge is 2.52. The molecule has 0 unspecified atom stereocenters. The number of carboxylic acid groups (broad SMARTS) is 1. The topological polar surface area (TPSA) is 249 Å². The van der Waals surface area contributed by atoms with E-state index in [1.165, 1.54) is 239 Å². The Morgan fingerprint density at radius 2 is 0.547 bits per heavy atom. The summed E-state index contributed by atoms with van der Waals surface area (Å²) in [6.07, 6.45) is 2.34. The van der Waals surface area contributed by atoms with Gasteiger partial charge in [-0.05, 0) is 369 Å². The highest BCUT2D eigenvalue weighted by atomic mass is 127. The standard InChI is InChI=1S/C36H42BNO2.C34H38BNO2.C28H34BI.C14H20BNO4.3CO2/c1-19-13-21(3)33(22(4)14-19)37(34-23(5)15-20(2)16-24(34)6)35-28(10)26(8)32(27(9)29(35)11)30-17-25(7)38-31(18-30)36(39)40-12;1-18-13-20(3)31(21(4)14-18)35(32-22(5)15-19(2)16-23(32)6)33-26(9)24(7)30(25(8)27(33)10)28-11-12-36-29(17-28)34(37)38;1-15-11-17(3)25(18(4)12-15)29(26-19(5)13-16(2)14-20(26)6)27-21(7)23(9)28(30)24(10)22(27)8;1-9-7-10(8-11(16-9)12(17)18-6)15-19-13(2,3)14(4,5)20-15;3*2-1-3/h13-18H,1-12H3;11-17H,1-10H3,(H,37,38);11-14H,1-10H3;7-8H,1-6H3;;;. The molecule has 17 nitrogen and oxygen atoms in total. The molecule has 1 N–H and O–H groups in total. The van der Waals surface area contributed by atoms with Gasteiger partial charge in [-0.1, -0.05) is 255 Å². The molecule has 0 radical (unpaired) electrons. The van der Waals surface area contributed by atoms with Crippen molar-refractivity contribution in [1.82, 2.24) is 15.0 Å². The first-order valence-corrected chi connectivity index (χ1v) is 47.1. The minimum absolute atomic E-state index is 0.0652. The zero-order valence-electron chi connectivity index (χ0n) is 87.8. The smallest absolute Gasteiger partial charge is 0.477 e. The molecule has 0 amide bonds. The van der Waals surface area contributed by atoms with Crippen molar-refractivity contribution in [3.63, 3.8) is 0 Å². The molecule has 1 aliphatic rings. The first kappa shape index (κ1) is 112. The van der Waals surface area contributed by atoms with Crippen LogP contribution < -0.4 is 54.6 Å². The van der Waals surface area contributed by atoms with Gasteiger partial charge in [0.05, 0.1) is 25.4 Å². The lowest BCUT2D eigenvalue weighted by Crippen LogP contribution is -2.57. The Labute approximate surface area is 828 Å². The van der Waals surface area contributed by atoms with Gasteiger partial charge in [-0.2, -0.15) is 28.8 Å². The zero-order valence-corrected chi connectivity index (χ0v) is 89.9. The van der Waals surface area contributed by atoms with E-state index in [4.69, 9.17) is 47.5 Å². The summed E-state index contributed by atoms with van der Waals surface area (Å²) in [6, 6.07) is 39.0. The predicted octanol–water partition coefficient (Wildman–Crippen LogP) is 18.1. The van der Waals surface area contributed by atoms with Crippen LogP contribution in [0.3, 0.4) is 0 Å². The number of pyridine rings is 3. The van der Waals surface area contributed by atoms with Gasteiger partial charge in [-0.25, -0.2) is 29.3 Å². The Bertz CT molecular complexity index is 6360. The van der Waals surface area contributed by atoms with E-state index in [2.05, 4.69) is 324 Å². The molecule has 3 aromatic heterocycles. The van der Waals surface area contributed by atoms with Crippen LogP contribution in [0.15, 0.2) is 115 Å². The number of carbonyl (C=O) groups excluding carboxylic acids is 8. The van der Waals surface area contributed by atoms with Crippen LogP contribution in [0.1, 0.15) is 237 Å². The maximum atomic E-state index is 12.4. The monoisotopic (exact) mass is 1950 g/mol. The van der Waals surface area contributed by atoms with E-state index < -0.39 is 36.2 Å². The molecule has 22 heteroatoms. The Kier molecular flexibility index (Phi) is 38.2. The fourth-order valence-corrected chi connectivity index (χ4v) is 21.9. The Balaban J connectivity index is 0.000000247. The number of aryl methyl sites for hydroxylation is 20. The molecule has 1 aliphatic heterocycles. The van der Waals surface area contributed by atoms with Crippen molar-refractivity contribution in [2.24, 2.45) is 0 Å². The molecule has 13 rings (SSSR count). The number of methoxy groups -OCH3 is 2. The molecule has 1 fully saturated rings. The number of halogens is 1. The van der Waals surface area contributed by atoms with Gasteiger partial charge in [0.1, 0.15) is 17.1 Å². The lowest BCUT2D eigenvalue weighted by molar-refractivity contribution is -0.193. The highest BCUT2D eigenvalue weighted by Crippen LogP contribution is 2.38. The van der Waals surface area contributed by atoms with Crippen LogP contribution in [-0.4, -0.2) is 109 Å². The molecule has 137 heavy (non-hydrogen) atoms. The summed E-state index contributed by atoms with van der Waals surface area (Å²) in [7, 11) is 2.22. The Morgan fingerprint density at radius 3 is 0.796 bits per heavy atom. The third kappa shape index (κ3) is 24.7. The van der Waals surface area contributed by atoms with Crippen LogP contribution in [0.4, 0.5) is 0 Å². The number of esters is 2. The van der Waals surface area contributed by atoms with Crippen molar-refractivity contribution in [3.8, 4) is 22.3 Å². The molecule has 12 aromatic rings. The van der Waals surface area contributed by atoms with Crippen molar-refractivity contribution in [3.05, 3.63) is 314 Å². The third-order valence-corrected chi connectivity index (χ3v) is 29.4. The minimum atomic E-state index is -1.01. The molecule has 0 saturated carbocycles. The summed E-state index contributed by atoms with van der Waals surface area (Å²) < 4.78 is 23.1. The summed E-state index contributed by atoms with van der Waals surface area (Å²) in [5.41, 5.74) is 58.6. The van der Waals surface area contributed by atoms with Crippen molar-refractivity contribution < 1.29 is 67.0 Å². The highest BCUT2D eigenvalue weighted by molar-refractivity contribution is 14.1. The van der Waals surface area contributed by atoms with Crippen molar-refractivity contribution in [2.45, 2.75) is 260 Å². The van der Waals surface area contributed by atoms with E-state index in [-0.39, 0.29) is 50.0 Å². The van der Waals surface area contributed by atoms with Crippen LogP contribution in [-0.2, 0) is 47.5 Å². The van der Waals surface area contributed by atoms with Crippen LogP contribution in [0.2, 0.25) is 0 Å². The van der Waals surface area contributed by atoms with Crippen molar-refractivity contribution >= 4 is 141 Å². The number of aromatic nitrogens is 3. The minimum Gasteiger partial charge on any atom is -0.477 e. The number of carboxylic acids is 1. The largest absolute Gasteiger partial charge is 0.494 e. The number of nitrogens with zero attached hydrogens (tertiary/aromatic N) is 3. The summed E-state index contributed by atoms with van der Waals surface area (Å²) >= 11 is 2.53. The number of carbonyl (C=O) groups is 3. The van der Waals surface area contributed by atoms with Gasteiger partial charge in [-0.15, -0.1) is 0 Å². The molecular formula is C115H134B4IN3O14. The van der Waals surface area contributed by atoms with Gasteiger partial charge in [0.25, 0.3) is 0 Å². The van der Waals surface area contributed by atoms with Gasteiger partial charge >= 0.3 is 43.5 Å². The first-order valence-electron chi connectivity index (χ1n) is 46.1. The van der Waals surface area contributed by atoms with Crippen LogP contribution in [0.5, 0.6) is 0 Å². The average Bonchev–Trinajstić information content (AvgIpc) is 1.40. The summed E-state index contributed by atoms with van der Waals surface area (Å²) in [6.45, 7) is 79.4. The van der Waals surface area contributed by atoms with E-state index in [0.29, 0.717) is 5.69 Å². The normalized spacial score (nSPS) is 11.9. The Morgan fingerprint density at radius 1 is 0.321 bits per heavy atom. The lowest BCUT2D eigenvalue weighted by Gasteiger charge is -2.32. The van der Waals surface area contributed by atoms with Gasteiger partial charge < -0.3 is 23.9 Å². The summed E-state index contributed by atoms with van der Waals surface area (Å²) in [5.74, 6) is -1.89. The Hall–Kier alpha value is -12.1. The number of hydrogen-bond acceptors (Lipinski definition) is 16. The maximum absolute atomic E-state index is 12.4. The van der Waals surface area contributed by atoms with E-state index in [0.717, 1.165) is 33.5 Å². The first-order chi connectivity index (χ1) is 63.9. The third-order valence-electron chi connectivity index (χ3n) is 27.8. The van der Waals surface area contributed by atoms with Gasteiger partial charge in [0.15, 0.2) is 0 Å². The molecule has 9 aromatic carbocycles. The van der Waals surface area contributed by atoms with Gasteiger partial charge in [-0.3, -0.25) is 0 Å². The summed E-state index contributed by atoms with van der Waals surface area (Å²) in [4.78, 5) is 97.1. The van der Waals surface area contributed by atoms with E-state index in [9.17, 15) is 19.5 Å². The van der Waals surface area contributed by atoms with Gasteiger partial charge in [0.2, 0.25) is 20.1 Å². The van der Waals surface area contributed by atoms with E-state index in [1.54, 1.807) is 18.3 Å². The SMILES string of the molecule is COC(=O)c1cc(-c2c(C)c(C)c(B(c3c(C)cc(C)cc3C)c3c(C)cc(C)cc3C)c(C)c2C)cc(C)n1.COC(=O)c1cc(B2OC(C)(C)C(C)(C)O2)cc(C)n1.Cc1cc(C)c(B(c2c(C)cc(C)cc2C)c2c(C)c(C)c(-c3ccnc(C(=O)O)c3)c(C)c2C)c(C)c1.Cc1cc(C)c(B(c2c(C)cc(C)cc2C)c2c(C)c(C)c(I)c(C)c2C)c(C)c1.O=C=O.O=C=O.O=C=O. The second-order valence-electron chi connectivity index (χ2n) is 38.3. The van der Waals surface area contributed by atoms with Crippen LogP contribution in [0, 0.1) is 225 Å². The molecule has 712 valence electrons. The predicted molar refractivity (Wildman–Crippen MR) is 567 cm³/mol. The van der Waals surface area contributed by atoms with Crippen LogP contribution >= 0.6 is 22.6 Å². The second kappa shape index (κ2) is 46.8. The molecule has 1 saturated heterocycles. The van der Waals surface area contributed by atoms with E-state index >= 15 is 0 Å². The number of benzene rings is 9. The summed E-state index contributed by atoms with van der Waals surface area (Å²) in [5, 5.41) is 9.55. The number of rotatable bonds is 15. The average molecular weight is 1950 g/mol. The van der Waals surface area contributed by atoms with Crippen molar-refractivity contribution in [2.75, 3.05) is 14.2 Å². The number of ether oxygens (including phenoxy) is 2. The quantitative estimate of drug-likeness (QED) is 0.0569. The fourth-order valence-electron chi connectivity index (χ4n) is 21.1. The molecule has 4 heterocycles. The second-order valence-corrected chi connectivity index (χ2v) is 39.4. The molecule has 0 atom stereocenters. The maximum Gasteiger partial charge on any atom is 0.494 e. The zero-order chi connectivity index (χ0) is 103. The van der Waals surface area contributed by atoms with Gasteiger partial charge in [0, 0.05) is 21.2 Å². The molecule has 0 bridgehead atoms. The lowest BCUT2D eigenvalue weighted by atomic mass is 9.32. The molecule has 0 spiro atoms.